The van der Waals surface area contributed by atoms with Gasteiger partial charge in [-0.2, -0.15) is 0 Å². The summed E-state index contributed by atoms with van der Waals surface area (Å²) >= 11 is 6.25. The normalized spacial score (nSPS) is 12.2. The van der Waals surface area contributed by atoms with E-state index in [4.69, 9.17) is 16.3 Å². The largest absolute Gasteiger partial charge is 0.497 e. The number of aryl methyl sites for hydroxylation is 1. The fraction of sp³-hybridized carbons (Fsp3) is 0.294. The molecule has 3 heteroatoms. The monoisotopic (exact) mass is 289 g/mol. The lowest BCUT2D eigenvalue weighted by atomic mass is 9.95. The molecule has 0 saturated carbocycles. The van der Waals surface area contributed by atoms with Gasteiger partial charge in [0.25, 0.3) is 0 Å². The molecule has 0 heterocycles. The number of nitrogens with one attached hydrogen (secondary N) is 1. The van der Waals surface area contributed by atoms with Crippen molar-refractivity contribution in [3.63, 3.8) is 0 Å². The van der Waals surface area contributed by atoms with E-state index in [9.17, 15) is 0 Å². The minimum atomic E-state index is 0.237. The number of benzene rings is 2. The van der Waals surface area contributed by atoms with E-state index in [0.29, 0.717) is 0 Å². The van der Waals surface area contributed by atoms with Crippen LogP contribution in [0.15, 0.2) is 42.5 Å². The van der Waals surface area contributed by atoms with Gasteiger partial charge in [-0.25, -0.2) is 0 Å². The van der Waals surface area contributed by atoms with Crippen LogP contribution in [-0.4, -0.2) is 14.2 Å². The molecule has 106 valence electrons. The second kappa shape index (κ2) is 6.78. The van der Waals surface area contributed by atoms with Crippen molar-refractivity contribution in [2.75, 3.05) is 14.2 Å². The number of ether oxygens (including phenoxy) is 1. The Kier molecular flexibility index (Phi) is 5.05. The molecule has 0 fully saturated rings. The fourth-order valence-corrected chi connectivity index (χ4v) is 2.63. The van der Waals surface area contributed by atoms with E-state index in [1.807, 2.05) is 31.3 Å². The van der Waals surface area contributed by atoms with Gasteiger partial charge in [0.15, 0.2) is 0 Å². The van der Waals surface area contributed by atoms with Crippen LogP contribution in [0.1, 0.15) is 22.7 Å². The Balaban J connectivity index is 2.27. The molecule has 0 aliphatic heterocycles. The van der Waals surface area contributed by atoms with E-state index in [2.05, 4.69) is 30.4 Å². The highest BCUT2D eigenvalue weighted by atomic mass is 35.5. The summed E-state index contributed by atoms with van der Waals surface area (Å²) in [5.74, 6) is 0.888. The number of halogens is 1. The Morgan fingerprint density at radius 2 is 1.95 bits per heavy atom. The maximum absolute atomic E-state index is 6.25. The number of hydrogen-bond acceptors (Lipinski definition) is 2. The van der Waals surface area contributed by atoms with Gasteiger partial charge in [0.05, 0.1) is 7.11 Å². The van der Waals surface area contributed by atoms with Crippen LogP contribution in [0.4, 0.5) is 0 Å². The zero-order valence-electron chi connectivity index (χ0n) is 12.1. The highest BCUT2D eigenvalue weighted by Crippen LogP contribution is 2.27. The lowest BCUT2D eigenvalue weighted by Gasteiger charge is -2.20. The lowest BCUT2D eigenvalue weighted by molar-refractivity contribution is 0.414. The lowest BCUT2D eigenvalue weighted by Crippen LogP contribution is -2.20. The molecule has 2 rings (SSSR count). The quantitative estimate of drug-likeness (QED) is 0.892. The van der Waals surface area contributed by atoms with Gasteiger partial charge in [0, 0.05) is 11.1 Å². The molecule has 2 nitrogen and oxygen atoms in total. The van der Waals surface area contributed by atoms with E-state index in [0.717, 1.165) is 22.8 Å². The summed E-state index contributed by atoms with van der Waals surface area (Å²) in [4.78, 5) is 0. The second-order valence-corrected chi connectivity index (χ2v) is 5.27. The van der Waals surface area contributed by atoms with Crippen LogP contribution in [0.3, 0.4) is 0 Å². The maximum Gasteiger partial charge on any atom is 0.119 e. The fourth-order valence-electron chi connectivity index (χ4n) is 2.42. The van der Waals surface area contributed by atoms with Gasteiger partial charge in [0.2, 0.25) is 0 Å². The molecule has 0 bridgehead atoms. The van der Waals surface area contributed by atoms with Gasteiger partial charge in [-0.3, -0.25) is 0 Å². The highest BCUT2D eigenvalue weighted by molar-refractivity contribution is 6.31. The number of rotatable bonds is 5. The van der Waals surface area contributed by atoms with Crippen LogP contribution in [0, 0.1) is 6.92 Å². The topological polar surface area (TPSA) is 21.3 Å². The third-order valence-corrected chi connectivity index (χ3v) is 3.95. The summed E-state index contributed by atoms with van der Waals surface area (Å²) < 4.78 is 5.26. The number of likely N-dealkylation sites (N-methyl/N-ethyl adjacent to an activating group) is 1. The first-order valence-electron chi connectivity index (χ1n) is 6.71. The predicted molar refractivity (Wildman–Crippen MR) is 84.7 cm³/mol. The van der Waals surface area contributed by atoms with Crippen molar-refractivity contribution in [3.8, 4) is 5.75 Å². The first-order valence-corrected chi connectivity index (χ1v) is 7.08. The average Bonchev–Trinajstić information content (AvgIpc) is 2.47. The zero-order chi connectivity index (χ0) is 14.5. The van der Waals surface area contributed by atoms with Crippen LogP contribution >= 0.6 is 11.6 Å². The Hall–Kier alpha value is -1.51. The summed E-state index contributed by atoms with van der Waals surface area (Å²) in [6, 6.07) is 14.4. The second-order valence-electron chi connectivity index (χ2n) is 4.86. The van der Waals surface area contributed by atoms with Crippen molar-refractivity contribution < 1.29 is 4.74 Å². The maximum atomic E-state index is 6.25. The Morgan fingerprint density at radius 1 is 1.20 bits per heavy atom. The summed E-state index contributed by atoms with van der Waals surface area (Å²) in [5.41, 5.74) is 3.65. The smallest absolute Gasteiger partial charge is 0.119 e. The molecule has 1 N–H and O–H groups in total. The average molecular weight is 290 g/mol. The van der Waals surface area contributed by atoms with Crippen LogP contribution in [0.2, 0.25) is 5.02 Å². The Labute approximate surface area is 125 Å². The summed E-state index contributed by atoms with van der Waals surface area (Å²) in [6.45, 7) is 2.11. The molecule has 0 aromatic heterocycles. The Morgan fingerprint density at radius 3 is 2.55 bits per heavy atom. The minimum Gasteiger partial charge on any atom is -0.497 e. The van der Waals surface area contributed by atoms with E-state index in [-0.39, 0.29) is 6.04 Å². The molecular weight excluding hydrogens is 270 g/mol. The molecule has 2 aromatic carbocycles. The van der Waals surface area contributed by atoms with Crippen LogP contribution in [0.25, 0.3) is 0 Å². The third kappa shape index (κ3) is 3.33. The molecule has 1 unspecified atom stereocenters. The number of methoxy groups -OCH3 is 1. The van der Waals surface area contributed by atoms with Crippen molar-refractivity contribution in [2.45, 2.75) is 19.4 Å². The van der Waals surface area contributed by atoms with Crippen LogP contribution in [0.5, 0.6) is 5.75 Å². The summed E-state index contributed by atoms with van der Waals surface area (Å²) in [6.07, 6.45) is 0.864. The van der Waals surface area contributed by atoms with Gasteiger partial charge in [-0.05, 0) is 55.3 Å². The van der Waals surface area contributed by atoms with Gasteiger partial charge in [0.1, 0.15) is 5.75 Å². The van der Waals surface area contributed by atoms with Crippen LogP contribution in [-0.2, 0) is 6.42 Å². The van der Waals surface area contributed by atoms with Gasteiger partial charge < -0.3 is 10.1 Å². The van der Waals surface area contributed by atoms with E-state index in [1.54, 1.807) is 7.11 Å². The standard InChI is InChI=1S/C17H20ClNO/c1-12-10-14(20-3)8-9-15(12)17(19-2)11-13-6-4-5-7-16(13)18/h4-10,17,19H,11H2,1-3H3. The van der Waals surface area contributed by atoms with Crippen molar-refractivity contribution in [1.29, 1.82) is 0 Å². The summed E-state index contributed by atoms with van der Waals surface area (Å²) in [7, 11) is 3.67. The van der Waals surface area contributed by atoms with Gasteiger partial charge in [-0.1, -0.05) is 35.9 Å². The van der Waals surface area contributed by atoms with Gasteiger partial charge >= 0.3 is 0 Å². The molecule has 0 aliphatic carbocycles. The van der Waals surface area contributed by atoms with E-state index < -0.39 is 0 Å². The molecule has 0 aliphatic rings. The van der Waals surface area contributed by atoms with Crippen molar-refractivity contribution >= 4 is 11.6 Å². The number of hydrogen-bond donors (Lipinski definition) is 1. The molecule has 0 spiro atoms. The van der Waals surface area contributed by atoms with Crippen molar-refractivity contribution in [2.24, 2.45) is 0 Å². The SMILES string of the molecule is CNC(Cc1ccccc1Cl)c1ccc(OC)cc1C. The van der Waals surface area contributed by atoms with Crippen molar-refractivity contribution in [3.05, 3.63) is 64.2 Å². The zero-order valence-corrected chi connectivity index (χ0v) is 12.9. The van der Waals surface area contributed by atoms with E-state index >= 15 is 0 Å². The summed E-state index contributed by atoms with van der Waals surface area (Å²) in [5, 5.41) is 4.19. The van der Waals surface area contributed by atoms with Crippen LogP contribution < -0.4 is 10.1 Å². The van der Waals surface area contributed by atoms with E-state index in [1.165, 1.54) is 11.1 Å². The van der Waals surface area contributed by atoms with Gasteiger partial charge in [-0.15, -0.1) is 0 Å². The molecule has 20 heavy (non-hydrogen) atoms. The molecule has 2 aromatic rings. The first-order chi connectivity index (χ1) is 9.65. The molecule has 1 atom stereocenters. The molecule has 0 amide bonds. The third-order valence-electron chi connectivity index (χ3n) is 3.58. The Bertz CT molecular complexity index is 583. The molecular formula is C17H20ClNO. The first kappa shape index (κ1) is 14.9. The molecule has 0 saturated heterocycles. The highest BCUT2D eigenvalue weighted by Gasteiger charge is 2.14. The molecule has 0 radical (unpaired) electrons. The minimum absolute atomic E-state index is 0.237. The predicted octanol–water partition coefficient (Wildman–Crippen LogP) is 4.16. The van der Waals surface area contributed by atoms with Crippen molar-refractivity contribution in [1.82, 2.24) is 5.32 Å².